The molecule has 1 saturated heterocycles. The van der Waals surface area contributed by atoms with Gasteiger partial charge in [0.15, 0.2) is 0 Å². The van der Waals surface area contributed by atoms with Gasteiger partial charge in [0.05, 0.1) is 18.6 Å². The molecular formula is C11H15NO3S. The Bertz CT molecular complexity index is 333. The van der Waals surface area contributed by atoms with Crippen LogP contribution in [0.1, 0.15) is 18.1 Å². The van der Waals surface area contributed by atoms with Crippen molar-refractivity contribution in [3.8, 4) is 0 Å². The molecule has 0 spiro atoms. The zero-order chi connectivity index (χ0) is 11.4. The summed E-state index contributed by atoms with van der Waals surface area (Å²) < 4.78 is 5.14. The highest BCUT2D eigenvalue weighted by Crippen LogP contribution is 2.16. The molecule has 2 atom stereocenters. The highest BCUT2D eigenvalue weighted by molar-refractivity contribution is 7.07. The van der Waals surface area contributed by atoms with Gasteiger partial charge in [0.2, 0.25) is 5.91 Å². The monoisotopic (exact) mass is 241 g/mol. The average molecular weight is 241 g/mol. The van der Waals surface area contributed by atoms with Crippen molar-refractivity contribution >= 4 is 17.2 Å². The van der Waals surface area contributed by atoms with E-state index in [0.717, 1.165) is 12.0 Å². The molecule has 0 bridgehead atoms. The van der Waals surface area contributed by atoms with E-state index in [9.17, 15) is 9.90 Å². The summed E-state index contributed by atoms with van der Waals surface area (Å²) in [4.78, 5) is 11.6. The van der Waals surface area contributed by atoms with E-state index < -0.39 is 6.10 Å². The number of carbonyl (C=O) groups is 1. The molecule has 4 nitrogen and oxygen atoms in total. The number of carbonyl (C=O) groups excluding carboxylic acids is 1. The summed E-state index contributed by atoms with van der Waals surface area (Å²) in [6, 6.07) is 1.86. The van der Waals surface area contributed by atoms with Gasteiger partial charge >= 0.3 is 0 Å². The van der Waals surface area contributed by atoms with E-state index in [1.165, 1.54) is 11.3 Å². The van der Waals surface area contributed by atoms with Gasteiger partial charge in [-0.3, -0.25) is 4.79 Å². The van der Waals surface area contributed by atoms with Crippen molar-refractivity contribution < 1.29 is 14.6 Å². The number of aliphatic hydroxyl groups excluding tert-OH is 1. The molecule has 2 N–H and O–H groups in total. The summed E-state index contributed by atoms with van der Waals surface area (Å²) in [5.41, 5.74) is 0.855. The van der Waals surface area contributed by atoms with Crippen LogP contribution < -0.4 is 5.32 Å². The number of thiophene rings is 1. The second kappa shape index (κ2) is 5.43. The summed E-state index contributed by atoms with van der Waals surface area (Å²) >= 11 is 1.53. The minimum atomic E-state index is -0.613. The van der Waals surface area contributed by atoms with Crippen LogP contribution in [0.3, 0.4) is 0 Å². The summed E-state index contributed by atoms with van der Waals surface area (Å²) in [5, 5.41) is 16.3. The van der Waals surface area contributed by atoms with Crippen LogP contribution in [-0.2, 0) is 9.53 Å². The molecule has 1 aromatic heterocycles. The predicted octanol–water partition coefficient (Wildman–Crippen LogP) is 0.934. The minimum absolute atomic E-state index is 0.0215. The Hall–Kier alpha value is -0.910. The van der Waals surface area contributed by atoms with Crippen LogP contribution in [0, 0.1) is 5.92 Å². The second-order valence-electron chi connectivity index (χ2n) is 3.88. The van der Waals surface area contributed by atoms with Crippen LogP contribution >= 0.6 is 11.3 Å². The molecule has 2 heterocycles. The van der Waals surface area contributed by atoms with Gasteiger partial charge in [-0.25, -0.2) is 0 Å². The number of hydrogen-bond donors (Lipinski definition) is 2. The van der Waals surface area contributed by atoms with E-state index >= 15 is 0 Å². The fourth-order valence-corrected chi connectivity index (χ4v) is 2.37. The van der Waals surface area contributed by atoms with Crippen molar-refractivity contribution in [2.75, 3.05) is 19.8 Å². The van der Waals surface area contributed by atoms with Gasteiger partial charge in [-0.05, 0) is 28.8 Å². The van der Waals surface area contributed by atoms with Crippen molar-refractivity contribution in [3.05, 3.63) is 22.4 Å². The van der Waals surface area contributed by atoms with Gasteiger partial charge in [-0.1, -0.05) is 0 Å². The van der Waals surface area contributed by atoms with E-state index in [2.05, 4.69) is 5.32 Å². The van der Waals surface area contributed by atoms with Gasteiger partial charge in [-0.2, -0.15) is 11.3 Å². The van der Waals surface area contributed by atoms with Gasteiger partial charge in [0.1, 0.15) is 0 Å². The van der Waals surface area contributed by atoms with Crippen LogP contribution in [0.2, 0.25) is 0 Å². The summed E-state index contributed by atoms with van der Waals surface area (Å²) in [6.45, 7) is 1.43. The zero-order valence-corrected chi connectivity index (χ0v) is 9.70. The molecule has 5 heteroatoms. The number of amides is 1. The summed E-state index contributed by atoms with van der Waals surface area (Å²) in [5.74, 6) is -0.0681. The molecule has 16 heavy (non-hydrogen) atoms. The van der Waals surface area contributed by atoms with Crippen LogP contribution in [0.4, 0.5) is 0 Å². The molecule has 1 fully saturated rings. The van der Waals surface area contributed by atoms with Crippen LogP contribution in [0.15, 0.2) is 16.8 Å². The first-order valence-electron chi connectivity index (χ1n) is 5.33. The van der Waals surface area contributed by atoms with E-state index in [1.54, 1.807) is 0 Å². The van der Waals surface area contributed by atoms with Crippen molar-refractivity contribution in [3.63, 3.8) is 0 Å². The van der Waals surface area contributed by atoms with Crippen molar-refractivity contribution in [1.82, 2.24) is 5.32 Å². The van der Waals surface area contributed by atoms with Crippen molar-refractivity contribution in [2.24, 2.45) is 5.92 Å². The smallest absolute Gasteiger partial charge is 0.225 e. The maximum absolute atomic E-state index is 11.6. The van der Waals surface area contributed by atoms with Gasteiger partial charge in [0, 0.05) is 13.2 Å². The third-order valence-corrected chi connectivity index (χ3v) is 3.40. The van der Waals surface area contributed by atoms with E-state index in [-0.39, 0.29) is 18.4 Å². The SMILES string of the molecule is O=C(NCC(O)c1ccsc1)C1CCOC1. The maximum Gasteiger partial charge on any atom is 0.225 e. The molecule has 88 valence electrons. The lowest BCUT2D eigenvalue weighted by Crippen LogP contribution is -2.34. The lowest BCUT2D eigenvalue weighted by molar-refractivity contribution is -0.125. The maximum atomic E-state index is 11.6. The molecule has 0 aliphatic carbocycles. The number of ether oxygens (including phenoxy) is 1. The van der Waals surface area contributed by atoms with E-state index in [0.29, 0.717) is 13.2 Å². The zero-order valence-electron chi connectivity index (χ0n) is 8.89. The van der Waals surface area contributed by atoms with Gasteiger partial charge in [0.25, 0.3) is 0 Å². The fraction of sp³-hybridized carbons (Fsp3) is 0.545. The molecule has 1 aliphatic heterocycles. The second-order valence-corrected chi connectivity index (χ2v) is 4.66. The number of nitrogens with one attached hydrogen (secondary N) is 1. The number of aliphatic hydroxyl groups is 1. The lowest BCUT2D eigenvalue weighted by Gasteiger charge is -2.12. The number of hydrogen-bond acceptors (Lipinski definition) is 4. The third kappa shape index (κ3) is 2.81. The molecule has 0 aromatic carbocycles. The Labute approximate surface area is 98.2 Å². The highest BCUT2D eigenvalue weighted by atomic mass is 32.1. The number of rotatable bonds is 4. The first kappa shape index (κ1) is 11.6. The van der Waals surface area contributed by atoms with Crippen molar-refractivity contribution in [2.45, 2.75) is 12.5 Å². The van der Waals surface area contributed by atoms with Crippen LogP contribution in [-0.4, -0.2) is 30.8 Å². The first-order valence-corrected chi connectivity index (χ1v) is 6.27. The topological polar surface area (TPSA) is 58.6 Å². The Morgan fingerprint density at radius 3 is 3.25 bits per heavy atom. The third-order valence-electron chi connectivity index (χ3n) is 2.70. The Morgan fingerprint density at radius 1 is 1.75 bits per heavy atom. The van der Waals surface area contributed by atoms with Crippen LogP contribution in [0.25, 0.3) is 0 Å². The molecule has 0 saturated carbocycles. The Morgan fingerprint density at radius 2 is 2.62 bits per heavy atom. The minimum Gasteiger partial charge on any atom is -0.387 e. The predicted molar refractivity (Wildman–Crippen MR) is 61.2 cm³/mol. The normalized spacial score (nSPS) is 21.9. The van der Waals surface area contributed by atoms with Crippen molar-refractivity contribution in [1.29, 1.82) is 0 Å². The standard InChI is InChI=1S/C11H15NO3S/c13-10(9-2-4-16-7-9)5-12-11(14)8-1-3-15-6-8/h2,4,7-8,10,13H,1,3,5-6H2,(H,12,14). The molecule has 1 amide bonds. The van der Waals surface area contributed by atoms with E-state index in [1.807, 2.05) is 16.8 Å². The summed E-state index contributed by atoms with van der Waals surface area (Å²) in [7, 11) is 0. The lowest BCUT2D eigenvalue weighted by atomic mass is 10.1. The Kier molecular flexibility index (Phi) is 3.93. The Balaban J connectivity index is 1.76. The molecule has 2 rings (SSSR count). The summed E-state index contributed by atoms with van der Waals surface area (Å²) in [6.07, 6.45) is 0.165. The average Bonchev–Trinajstić information content (AvgIpc) is 2.95. The molecular weight excluding hydrogens is 226 g/mol. The van der Waals surface area contributed by atoms with Crippen LogP contribution in [0.5, 0.6) is 0 Å². The molecule has 0 radical (unpaired) electrons. The highest BCUT2D eigenvalue weighted by Gasteiger charge is 2.23. The van der Waals surface area contributed by atoms with Gasteiger partial charge in [-0.15, -0.1) is 0 Å². The molecule has 1 aliphatic rings. The molecule has 2 unspecified atom stereocenters. The quantitative estimate of drug-likeness (QED) is 0.824. The first-order chi connectivity index (χ1) is 7.77. The molecule has 1 aromatic rings. The van der Waals surface area contributed by atoms with Gasteiger partial charge < -0.3 is 15.2 Å². The largest absolute Gasteiger partial charge is 0.387 e. The fourth-order valence-electron chi connectivity index (χ4n) is 1.67. The van der Waals surface area contributed by atoms with E-state index in [4.69, 9.17) is 4.74 Å².